The second-order valence-electron chi connectivity index (χ2n) is 4.94. The van der Waals surface area contributed by atoms with Gasteiger partial charge in [0.25, 0.3) is 0 Å². The summed E-state index contributed by atoms with van der Waals surface area (Å²) in [6.07, 6.45) is 5.64. The predicted molar refractivity (Wildman–Crippen MR) is 88.8 cm³/mol. The predicted octanol–water partition coefficient (Wildman–Crippen LogP) is 2.28. The van der Waals surface area contributed by atoms with Gasteiger partial charge in [0.1, 0.15) is 10.8 Å². The number of hydrogen-bond acceptors (Lipinski definition) is 5. The van der Waals surface area contributed by atoms with Crippen molar-refractivity contribution in [1.82, 2.24) is 24.8 Å². The van der Waals surface area contributed by atoms with E-state index >= 15 is 0 Å². The minimum atomic E-state index is -0.0616. The lowest BCUT2D eigenvalue weighted by atomic mass is 10.3. The van der Waals surface area contributed by atoms with Gasteiger partial charge in [0.05, 0.1) is 24.4 Å². The van der Waals surface area contributed by atoms with Crippen LogP contribution in [0.1, 0.15) is 18.4 Å². The highest BCUT2D eigenvalue weighted by Crippen LogP contribution is 2.21. The molecular weight excluding hydrogens is 310 g/mol. The van der Waals surface area contributed by atoms with Gasteiger partial charge >= 0.3 is 0 Å². The highest BCUT2D eigenvalue weighted by Gasteiger charge is 2.10. The Labute approximate surface area is 138 Å². The largest absolute Gasteiger partial charge is 0.349 e. The summed E-state index contributed by atoms with van der Waals surface area (Å²) < 4.78 is 2.00. The zero-order chi connectivity index (χ0) is 16.1. The van der Waals surface area contributed by atoms with Gasteiger partial charge in [-0.2, -0.15) is 0 Å². The number of imidazole rings is 1. The Morgan fingerprint density at radius 3 is 3.00 bits per heavy atom. The van der Waals surface area contributed by atoms with Crippen LogP contribution in [0.15, 0.2) is 42.2 Å². The van der Waals surface area contributed by atoms with Crippen LogP contribution >= 0.6 is 11.3 Å². The second-order valence-corrected chi connectivity index (χ2v) is 5.80. The smallest absolute Gasteiger partial charge is 0.226 e. The molecule has 118 valence electrons. The first-order valence-electron chi connectivity index (χ1n) is 7.38. The molecule has 0 saturated heterocycles. The number of carbonyl (C=O) groups is 1. The number of amides is 1. The molecule has 0 fully saturated rings. The van der Waals surface area contributed by atoms with Crippen LogP contribution < -0.4 is 5.32 Å². The van der Waals surface area contributed by atoms with E-state index in [9.17, 15) is 4.79 Å². The molecule has 0 unspecified atom stereocenters. The van der Waals surface area contributed by atoms with E-state index in [2.05, 4.69) is 20.3 Å². The SMILES string of the molecule is CCn1ccnc1CNC(=O)Cc1csc(-c2ccccn2)n1. The zero-order valence-corrected chi connectivity index (χ0v) is 13.6. The first-order valence-corrected chi connectivity index (χ1v) is 8.26. The van der Waals surface area contributed by atoms with E-state index in [0.717, 1.165) is 28.8 Å². The molecule has 0 aliphatic heterocycles. The van der Waals surface area contributed by atoms with Gasteiger partial charge in [-0.25, -0.2) is 9.97 Å². The van der Waals surface area contributed by atoms with Crippen LogP contribution in [0.25, 0.3) is 10.7 Å². The maximum absolute atomic E-state index is 12.1. The molecule has 0 atom stereocenters. The molecule has 0 saturated carbocycles. The van der Waals surface area contributed by atoms with Gasteiger partial charge in [-0.15, -0.1) is 11.3 Å². The van der Waals surface area contributed by atoms with Gasteiger partial charge < -0.3 is 9.88 Å². The van der Waals surface area contributed by atoms with Crippen molar-refractivity contribution >= 4 is 17.2 Å². The molecule has 7 heteroatoms. The van der Waals surface area contributed by atoms with E-state index in [1.807, 2.05) is 41.3 Å². The van der Waals surface area contributed by atoms with Crippen LogP contribution in [0.5, 0.6) is 0 Å². The third-order valence-corrected chi connectivity index (χ3v) is 4.28. The number of hydrogen-bond donors (Lipinski definition) is 1. The monoisotopic (exact) mass is 327 g/mol. The fourth-order valence-electron chi connectivity index (χ4n) is 2.19. The summed E-state index contributed by atoms with van der Waals surface area (Å²) in [4.78, 5) is 25.0. The fraction of sp³-hybridized carbons (Fsp3) is 0.250. The van der Waals surface area contributed by atoms with Crippen LogP contribution in [-0.4, -0.2) is 25.4 Å². The standard InChI is InChI=1S/C16H17N5OS/c1-2-21-8-7-18-14(21)10-19-15(22)9-12-11-23-16(20-12)13-5-3-4-6-17-13/h3-8,11H,2,9-10H2,1H3,(H,19,22). The number of aromatic nitrogens is 4. The lowest BCUT2D eigenvalue weighted by Gasteiger charge is -2.06. The molecule has 0 radical (unpaired) electrons. The summed E-state index contributed by atoms with van der Waals surface area (Å²) >= 11 is 1.50. The molecule has 3 heterocycles. The summed E-state index contributed by atoms with van der Waals surface area (Å²) in [6.45, 7) is 3.31. The Kier molecular flexibility index (Phi) is 4.77. The van der Waals surface area contributed by atoms with Gasteiger partial charge in [-0.05, 0) is 19.1 Å². The van der Waals surface area contributed by atoms with Crippen molar-refractivity contribution in [2.45, 2.75) is 26.4 Å². The van der Waals surface area contributed by atoms with Crippen molar-refractivity contribution in [2.75, 3.05) is 0 Å². The fourth-order valence-corrected chi connectivity index (χ4v) is 2.99. The molecule has 0 bridgehead atoms. The maximum atomic E-state index is 12.1. The van der Waals surface area contributed by atoms with Crippen LogP contribution in [0.4, 0.5) is 0 Å². The summed E-state index contributed by atoms with van der Waals surface area (Å²) in [6, 6.07) is 5.70. The highest BCUT2D eigenvalue weighted by molar-refractivity contribution is 7.13. The maximum Gasteiger partial charge on any atom is 0.226 e. The van der Waals surface area contributed by atoms with Crippen LogP contribution in [0, 0.1) is 0 Å². The number of carbonyl (C=O) groups excluding carboxylic acids is 1. The molecule has 0 spiro atoms. The van der Waals surface area contributed by atoms with Crippen LogP contribution in [0.2, 0.25) is 0 Å². The van der Waals surface area contributed by atoms with Crippen molar-refractivity contribution in [1.29, 1.82) is 0 Å². The zero-order valence-electron chi connectivity index (χ0n) is 12.8. The van der Waals surface area contributed by atoms with E-state index in [1.165, 1.54) is 11.3 Å². The Morgan fingerprint density at radius 2 is 2.22 bits per heavy atom. The molecule has 1 N–H and O–H groups in total. The van der Waals surface area contributed by atoms with Crippen LogP contribution in [-0.2, 0) is 24.3 Å². The third-order valence-electron chi connectivity index (χ3n) is 3.36. The van der Waals surface area contributed by atoms with Gasteiger partial charge in [-0.1, -0.05) is 6.07 Å². The van der Waals surface area contributed by atoms with E-state index in [4.69, 9.17) is 0 Å². The normalized spacial score (nSPS) is 10.7. The lowest BCUT2D eigenvalue weighted by Crippen LogP contribution is -2.26. The summed E-state index contributed by atoms with van der Waals surface area (Å²) in [5, 5.41) is 5.61. The van der Waals surface area contributed by atoms with E-state index in [0.29, 0.717) is 6.54 Å². The van der Waals surface area contributed by atoms with E-state index < -0.39 is 0 Å². The van der Waals surface area contributed by atoms with Crippen LogP contribution in [0.3, 0.4) is 0 Å². The lowest BCUT2D eigenvalue weighted by molar-refractivity contribution is -0.120. The first kappa shape index (κ1) is 15.4. The number of thiazole rings is 1. The van der Waals surface area contributed by atoms with Gasteiger partial charge in [0, 0.05) is 30.5 Å². The minimum Gasteiger partial charge on any atom is -0.349 e. The summed E-state index contributed by atoms with van der Waals surface area (Å²) in [5.74, 6) is 0.793. The average molecular weight is 327 g/mol. The Bertz CT molecular complexity index is 781. The van der Waals surface area contributed by atoms with Crippen molar-refractivity contribution in [3.05, 3.63) is 53.7 Å². The molecular formula is C16H17N5OS. The number of aryl methyl sites for hydroxylation is 1. The topological polar surface area (TPSA) is 72.7 Å². The minimum absolute atomic E-state index is 0.0616. The van der Waals surface area contributed by atoms with Crippen molar-refractivity contribution in [3.63, 3.8) is 0 Å². The first-order chi connectivity index (χ1) is 11.3. The Hall–Kier alpha value is -2.54. The van der Waals surface area contributed by atoms with Crippen molar-refractivity contribution < 1.29 is 4.79 Å². The molecule has 0 aliphatic carbocycles. The van der Waals surface area contributed by atoms with E-state index in [1.54, 1.807) is 12.4 Å². The van der Waals surface area contributed by atoms with Crippen molar-refractivity contribution in [3.8, 4) is 10.7 Å². The molecule has 1 amide bonds. The molecule has 3 aromatic rings. The third kappa shape index (κ3) is 3.81. The quantitative estimate of drug-likeness (QED) is 0.754. The Balaban J connectivity index is 1.57. The molecule has 3 rings (SSSR count). The summed E-state index contributed by atoms with van der Waals surface area (Å²) in [7, 11) is 0. The summed E-state index contributed by atoms with van der Waals surface area (Å²) in [5.41, 5.74) is 1.58. The molecule has 23 heavy (non-hydrogen) atoms. The molecule has 3 aromatic heterocycles. The molecule has 0 aliphatic rings. The second kappa shape index (κ2) is 7.15. The van der Waals surface area contributed by atoms with Crippen molar-refractivity contribution in [2.24, 2.45) is 0 Å². The van der Waals surface area contributed by atoms with Gasteiger partial charge in [0.15, 0.2) is 0 Å². The highest BCUT2D eigenvalue weighted by atomic mass is 32.1. The number of nitrogens with zero attached hydrogens (tertiary/aromatic N) is 4. The Morgan fingerprint density at radius 1 is 1.30 bits per heavy atom. The average Bonchev–Trinajstić information content (AvgIpc) is 3.22. The van der Waals surface area contributed by atoms with Gasteiger partial charge in [-0.3, -0.25) is 9.78 Å². The van der Waals surface area contributed by atoms with Gasteiger partial charge in [0.2, 0.25) is 5.91 Å². The number of rotatable bonds is 6. The molecule has 0 aromatic carbocycles. The van der Waals surface area contributed by atoms with E-state index in [-0.39, 0.29) is 12.3 Å². The number of pyridine rings is 1. The molecule has 6 nitrogen and oxygen atoms in total. The number of nitrogens with one attached hydrogen (secondary N) is 1.